The van der Waals surface area contributed by atoms with Crippen molar-refractivity contribution in [3.63, 3.8) is 0 Å². The third-order valence-electron chi connectivity index (χ3n) is 2.52. The first kappa shape index (κ1) is 15.2. The highest BCUT2D eigenvalue weighted by Gasteiger charge is 2.27. The van der Waals surface area contributed by atoms with E-state index >= 15 is 0 Å². The zero-order valence-electron chi connectivity index (χ0n) is 9.93. The average Bonchev–Trinajstić information content (AvgIpc) is 2.29. The van der Waals surface area contributed by atoms with Crippen molar-refractivity contribution in [2.75, 3.05) is 0 Å². The molecule has 0 saturated heterocycles. The van der Waals surface area contributed by atoms with Crippen LogP contribution in [0.15, 0.2) is 18.2 Å². The maximum Gasteiger partial charge on any atom is 0.337 e. The average molecular weight is 293 g/mol. The van der Waals surface area contributed by atoms with Gasteiger partial charge in [-0.15, -0.1) is 0 Å². The van der Waals surface area contributed by atoms with Gasteiger partial charge in [-0.1, -0.05) is 35.3 Å². The number of ether oxygens (including phenoxy) is 1. The van der Waals surface area contributed by atoms with Crippen LogP contribution in [0.2, 0.25) is 10.0 Å². The summed E-state index contributed by atoms with van der Waals surface area (Å²) in [5.74, 6) is -1.19. The van der Waals surface area contributed by atoms with Crippen molar-refractivity contribution in [3.05, 3.63) is 33.8 Å². The van der Waals surface area contributed by atoms with Crippen molar-refractivity contribution in [2.45, 2.75) is 32.2 Å². The first-order chi connectivity index (χ1) is 8.34. The first-order valence-corrected chi connectivity index (χ1v) is 6.10. The number of aliphatic hydroxyl groups is 1. The van der Waals surface area contributed by atoms with E-state index in [0.29, 0.717) is 0 Å². The van der Waals surface area contributed by atoms with Crippen LogP contribution >= 0.6 is 23.2 Å². The predicted molar refractivity (Wildman–Crippen MR) is 69.1 cm³/mol. The second kappa shape index (κ2) is 6.38. The topological polar surface area (TPSA) is 66.8 Å². The van der Waals surface area contributed by atoms with E-state index < -0.39 is 24.3 Å². The van der Waals surface area contributed by atoms with Gasteiger partial charge in [0.15, 0.2) is 6.10 Å². The molecule has 0 radical (unpaired) electrons. The molecule has 1 aromatic rings. The molecule has 0 aliphatic rings. The van der Waals surface area contributed by atoms with E-state index in [0.717, 1.165) is 0 Å². The number of hydrogen-bond acceptors (Lipinski definition) is 3. The van der Waals surface area contributed by atoms with Gasteiger partial charge in [0.25, 0.3) is 0 Å². The van der Waals surface area contributed by atoms with E-state index in [2.05, 4.69) is 0 Å². The molecule has 18 heavy (non-hydrogen) atoms. The minimum atomic E-state index is -1.26. The molecule has 0 bridgehead atoms. The largest absolute Gasteiger partial charge is 0.479 e. The Hall–Kier alpha value is -0.810. The highest BCUT2D eigenvalue weighted by Crippen LogP contribution is 2.32. The lowest BCUT2D eigenvalue weighted by molar-refractivity contribution is -0.158. The van der Waals surface area contributed by atoms with E-state index in [9.17, 15) is 9.90 Å². The minimum absolute atomic E-state index is 0.143. The van der Waals surface area contributed by atoms with Crippen LogP contribution in [0.3, 0.4) is 0 Å². The van der Waals surface area contributed by atoms with Gasteiger partial charge in [0, 0.05) is 5.56 Å². The fourth-order valence-corrected chi connectivity index (χ4v) is 1.72. The third-order valence-corrected chi connectivity index (χ3v) is 3.35. The van der Waals surface area contributed by atoms with Crippen molar-refractivity contribution in [3.8, 4) is 0 Å². The van der Waals surface area contributed by atoms with Crippen LogP contribution in [0, 0.1) is 0 Å². The number of carbonyl (C=O) groups is 1. The maximum absolute atomic E-state index is 11.2. The molecule has 0 aliphatic heterocycles. The van der Waals surface area contributed by atoms with Gasteiger partial charge in [-0.25, -0.2) is 4.79 Å². The van der Waals surface area contributed by atoms with E-state index in [1.54, 1.807) is 19.1 Å². The lowest BCUT2D eigenvalue weighted by Crippen LogP contribution is -2.28. The minimum Gasteiger partial charge on any atom is -0.479 e. The zero-order valence-corrected chi connectivity index (χ0v) is 11.4. The van der Waals surface area contributed by atoms with Crippen LogP contribution in [-0.2, 0) is 9.53 Å². The van der Waals surface area contributed by atoms with Crippen molar-refractivity contribution in [2.24, 2.45) is 0 Å². The number of benzene rings is 1. The second-order valence-corrected chi connectivity index (χ2v) is 4.73. The summed E-state index contributed by atoms with van der Waals surface area (Å²) >= 11 is 11.8. The molecule has 0 aliphatic carbocycles. The summed E-state index contributed by atoms with van der Waals surface area (Å²) in [6.07, 6.45) is -2.69. The SMILES string of the molecule is CC(O)C(C)OC(C(=O)O)c1cccc(Cl)c1Cl. The second-order valence-electron chi connectivity index (χ2n) is 3.94. The Morgan fingerprint density at radius 1 is 1.33 bits per heavy atom. The van der Waals surface area contributed by atoms with Crippen LogP contribution in [0.25, 0.3) is 0 Å². The summed E-state index contributed by atoms with van der Waals surface area (Å²) in [6, 6.07) is 4.68. The molecular formula is C12H14Cl2O4. The normalized spacial score (nSPS) is 16.1. The van der Waals surface area contributed by atoms with Crippen LogP contribution < -0.4 is 0 Å². The van der Waals surface area contributed by atoms with Crippen LogP contribution in [-0.4, -0.2) is 28.4 Å². The lowest BCUT2D eigenvalue weighted by Gasteiger charge is -2.22. The van der Waals surface area contributed by atoms with Gasteiger partial charge in [0.05, 0.1) is 22.3 Å². The monoisotopic (exact) mass is 292 g/mol. The number of rotatable bonds is 5. The summed E-state index contributed by atoms with van der Waals surface area (Å²) in [4.78, 5) is 11.2. The van der Waals surface area contributed by atoms with Gasteiger partial charge in [-0.05, 0) is 19.9 Å². The molecule has 6 heteroatoms. The highest BCUT2D eigenvalue weighted by atomic mass is 35.5. The number of carboxylic acids is 1. The summed E-state index contributed by atoms with van der Waals surface area (Å²) in [5, 5.41) is 18.9. The van der Waals surface area contributed by atoms with Gasteiger partial charge in [0.1, 0.15) is 0 Å². The molecule has 4 nitrogen and oxygen atoms in total. The molecule has 3 atom stereocenters. The van der Waals surface area contributed by atoms with Gasteiger partial charge < -0.3 is 14.9 Å². The van der Waals surface area contributed by atoms with Gasteiger partial charge in [-0.2, -0.15) is 0 Å². The molecular weight excluding hydrogens is 279 g/mol. The van der Waals surface area contributed by atoms with Crippen molar-refractivity contribution in [1.82, 2.24) is 0 Å². The molecule has 2 N–H and O–H groups in total. The van der Waals surface area contributed by atoms with Crippen LogP contribution in [0.5, 0.6) is 0 Å². The third kappa shape index (κ3) is 3.59. The summed E-state index contributed by atoms with van der Waals surface area (Å²) < 4.78 is 5.30. The van der Waals surface area contributed by atoms with Crippen molar-refractivity contribution < 1.29 is 19.7 Å². The fourth-order valence-electron chi connectivity index (χ4n) is 1.32. The van der Waals surface area contributed by atoms with Crippen molar-refractivity contribution in [1.29, 1.82) is 0 Å². The number of aliphatic carboxylic acids is 1. The molecule has 0 fully saturated rings. The molecule has 1 aromatic carbocycles. The maximum atomic E-state index is 11.2. The lowest BCUT2D eigenvalue weighted by atomic mass is 10.1. The standard InChI is InChI=1S/C12H14Cl2O4/c1-6(15)7(2)18-11(12(16)17)8-4-3-5-9(13)10(8)14/h3-7,11,15H,1-2H3,(H,16,17). The Kier molecular flexibility index (Phi) is 5.41. The van der Waals surface area contributed by atoms with Crippen molar-refractivity contribution >= 4 is 29.2 Å². The van der Waals surface area contributed by atoms with E-state index in [4.69, 9.17) is 33.0 Å². The molecule has 0 heterocycles. The summed E-state index contributed by atoms with van der Waals surface area (Å²) in [7, 11) is 0. The molecule has 0 spiro atoms. The smallest absolute Gasteiger partial charge is 0.337 e. The van der Waals surface area contributed by atoms with E-state index in [-0.39, 0.29) is 15.6 Å². The van der Waals surface area contributed by atoms with Crippen LogP contribution in [0.4, 0.5) is 0 Å². The molecule has 1 rings (SSSR count). The van der Waals surface area contributed by atoms with Crippen LogP contribution in [0.1, 0.15) is 25.5 Å². The molecule has 0 saturated carbocycles. The summed E-state index contributed by atoms with van der Waals surface area (Å²) in [5.41, 5.74) is 0.268. The molecule has 3 unspecified atom stereocenters. The molecule has 0 aromatic heterocycles. The number of aliphatic hydroxyl groups excluding tert-OH is 1. The Bertz CT molecular complexity index is 434. The molecule has 100 valence electrons. The number of halogens is 2. The number of hydrogen-bond donors (Lipinski definition) is 2. The van der Waals surface area contributed by atoms with Gasteiger partial charge in [0.2, 0.25) is 0 Å². The quantitative estimate of drug-likeness (QED) is 0.876. The predicted octanol–water partition coefficient (Wildman–Crippen LogP) is 2.91. The number of carboxylic acid groups (broad SMARTS) is 1. The summed E-state index contributed by atoms with van der Waals surface area (Å²) in [6.45, 7) is 3.10. The fraction of sp³-hybridized carbons (Fsp3) is 0.417. The Labute approximate surface area is 115 Å². The zero-order chi connectivity index (χ0) is 13.9. The molecule has 0 amide bonds. The van der Waals surface area contributed by atoms with E-state index in [1.165, 1.54) is 13.0 Å². The Balaban J connectivity index is 3.05. The Morgan fingerprint density at radius 2 is 1.94 bits per heavy atom. The Morgan fingerprint density at radius 3 is 2.44 bits per heavy atom. The van der Waals surface area contributed by atoms with E-state index in [1.807, 2.05) is 0 Å². The first-order valence-electron chi connectivity index (χ1n) is 5.34. The van der Waals surface area contributed by atoms with Gasteiger partial charge >= 0.3 is 5.97 Å². The highest BCUT2D eigenvalue weighted by molar-refractivity contribution is 6.42. The van der Waals surface area contributed by atoms with Gasteiger partial charge in [-0.3, -0.25) is 0 Å².